The molecule has 7 aromatic rings. The van der Waals surface area contributed by atoms with Gasteiger partial charge in [0.25, 0.3) is 6.71 Å². The number of rotatable bonds is 4. The molecule has 0 fully saturated rings. The Balaban J connectivity index is 1.40. The molecule has 0 aliphatic carbocycles. The Labute approximate surface area is 268 Å². The summed E-state index contributed by atoms with van der Waals surface area (Å²) >= 11 is 1.89. The van der Waals surface area contributed by atoms with Gasteiger partial charge in [0.05, 0.1) is 0 Å². The lowest BCUT2D eigenvalue weighted by atomic mass is 9.35. The third-order valence-electron chi connectivity index (χ3n) is 9.02. The molecular weight excluding hydrogens is 563 g/mol. The molecule has 1 nitrogen and oxygen atoms in total. The number of hydrogen-bond donors (Lipinski definition) is 0. The molecule has 0 radical (unpaired) electrons. The molecule has 0 saturated carbocycles. The first-order valence-corrected chi connectivity index (χ1v) is 16.2. The summed E-state index contributed by atoms with van der Waals surface area (Å²) in [4.78, 5) is 2.59. The lowest BCUT2D eigenvalue weighted by Gasteiger charge is -2.37. The van der Waals surface area contributed by atoms with E-state index >= 15 is 0 Å². The molecule has 7 aromatic carbocycles. The average molecular weight is 591 g/mol. The van der Waals surface area contributed by atoms with Crippen molar-refractivity contribution in [2.45, 2.75) is 9.79 Å². The largest absolute Gasteiger partial charge is 0.457 e. The van der Waals surface area contributed by atoms with Crippen LogP contribution in [0, 0.1) is 0 Å². The first-order chi connectivity index (χ1) is 22.3. The summed E-state index contributed by atoms with van der Waals surface area (Å²) in [6.07, 6.45) is 0. The minimum absolute atomic E-state index is 0.0217. The van der Waals surface area contributed by atoms with Crippen LogP contribution in [0.1, 0.15) is 0 Å². The van der Waals surface area contributed by atoms with Crippen LogP contribution in [0.4, 0.5) is 0 Å². The Morgan fingerprint density at radius 2 is 0.867 bits per heavy atom. The van der Waals surface area contributed by atoms with E-state index in [1.54, 1.807) is 0 Å². The van der Waals surface area contributed by atoms with Gasteiger partial charge in [-0.2, -0.15) is 0 Å². The zero-order valence-electron chi connectivity index (χ0n) is 24.5. The Kier molecular flexibility index (Phi) is 6.24. The quantitative estimate of drug-likeness (QED) is 0.189. The summed E-state index contributed by atoms with van der Waals surface area (Å²) in [5.41, 5.74) is 13.3. The van der Waals surface area contributed by atoms with Crippen LogP contribution in [0.3, 0.4) is 0 Å². The van der Waals surface area contributed by atoms with Crippen LogP contribution in [-0.4, -0.2) is 6.71 Å². The second-order valence-electron chi connectivity index (χ2n) is 11.6. The van der Waals surface area contributed by atoms with Crippen LogP contribution in [0.5, 0.6) is 11.5 Å². The highest BCUT2D eigenvalue weighted by molar-refractivity contribution is 8.00. The van der Waals surface area contributed by atoms with Gasteiger partial charge in [-0.05, 0) is 50.4 Å². The van der Waals surface area contributed by atoms with Crippen molar-refractivity contribution >= 4 is 34.9 Å². The Hall–Kier alpha value is -5.25. The molecule has 0 amide bonds. The van der Waals surface area contributed by atoms with Gasteiger partial charge >= 0.3 is 0 Å². The van der Waals surface area contributed by atoms with E-state index < -0.39 is 0 Å². The fourth-order valence-electron chi connectivity index (χ4n) is 6.98. The predicted molar refractivity (Wildman–Crippen MR) is 190 cm³/mol. The van der Waals surface area contributed by atoms with Crippen molar-refractivity contribution in [2.24, 2.45) is 0 Å². The van der Waals surface area contributed by atoms with Crippen molar-refractivity contribution in [1.29, 1.82) is 0 Å². The summed E-state index contributed by atoms with van der Waals surface area (Å²) in [6.45, 7) is 0.0217. The molecule has 0 bridgehead atoms. The van der Waals surface area contributed by atoms with Gasteiger partial charge < -0.3 is 4.74 Å². The second-order valence-corrected chi connectivity index (χ2v) is 12.6. The van der Waals surface area contributed by atoms with E-state index in [-0.39, 0.29) is 6.71 Å². The van der Waals surface area contributed by atoms with Gasteiger partial charge in [0.1, 0.15) is 11.5 Å². The summed E-state index contributed by atoms with van der Waals surface area (Å²) in [6, 6.07) is 58.8. The highest BCUT2D eigenvalue weighted by Crippen LogP contribution is 2.49. The minimum Gasteiger partial charge on any atom is -0.457 e. The lowest BCUT2D eigenvalue weighted by Crippen LogP contribution is -2.58. The van der Waals surface area contributed by atoms with Crippen LogP contribution in [-0.2, 0) is 0 Å². The van der Waals surface area contributed by atoms with Crippen molar-refractivity contribution < 1.29 is 4.74 Å². The molecule has 210 valence electrons. The van der Waals surface area contributed by atoms with Crippen LogP contribution in [0.2, 0.25) is 0 Å². The highest BCUT2D eigenvalue weighted by Gasteiger charge is 2.43. The molecule has 0 spiro atoms. The van der Waals surface area contributed by atoms with E-state index in [2.05, 4.69) is 164 Å². The topological polar surface area (TPSA) is 9.23 Å². The Morgan fingerprint density at radius 1 is 0.378 bits per heavy atom. The molecular formula is C42H27BOS. The molecule has 2 aliphatic heterocycles. The standard InChI is InChI=1S/C42H27BOS/c1-5-15-28(16-6-1)32-23-13-25-36-39(32)44-40-34(30-19-9-3-10-20-30)27-35(31-21-11-4-12-22-31)42-38(40)43(36)37-26-14-24-33(41(37)45-42)29-17-7-2-8-18-29/h1-27H. The van der Waals surface area contributed by atoms with E-state index in [1.807, 2.05) is 11.8 Å². The normalized spacial score (nSPS) is 12.5. The number of para-hydroxylation sites is 1. The van der Waals surface area contributed by atoms with Gasteiger partial charge in [-0.25, -0.2) is 0 Å². The van der Waals surface area contributed by atoms with Crippen LogP contribution in [0.15, 0.2) is 174 Å². The van der Waals surface area contributed by atoms with Crippen LogP contribution < -0.4 is 21.1 Å². The Bertz CT molecular complexity index is 2040. The van der Waals surface area contributed by atoms with Crippen molar-refractivity contribution in [3.05, 3.63) is 164 Å². The average Bonchev–Trinajstić information content (AvgIpc) is 3.12. The molecule has 0 atom stereocenters. The maximum atomic E-state index is 7.20. The van der Waals surface area contributed by atoms with Gasteiger partial charge in [0, 0.05) is 20.9 Å². The smallest absolute Gasteiger partial charge is 0.253 e. The zero-order valence-corrected chi connectivity index (χ0v) is 25.3. The first-order valence-electron chi connectivity index (χ1n) is 15.4. The van der Waals surface area contributed by atoms with Crippen LogP contribution in [0.25, 0.3) is 44.5 Å². The molecule has 45 heavy (non-hydrogen) atoms. The van der Waals surface area contributed by atoms with Crippen molar-refractivity contribution in [1.82, 2.24) is 0 Å². The van der Waals surface area contributed by atoms with Gasteiger partial charge in [-0.3, -0.25) is 0 Å². The number of fused-ring (bicyclic) bond motifs is 4. The lowest BCUT2D eigenvalue weighted by molar-refractivity contribution is 0.490. The van der Waals surface area contributed by atoms with Crippen molar-refractivity contribution in [3.63, 3.8) is 0 Å². The third kappa shape index (κ3) is 4.27. The highest BCUT2D eigenvalue weighted by atomic mass is 32.2. The fourth-order valence-corrected chi connectivity index (χ4v) is 8.39. The number of hydrogen-bond acceptors (Lipinski definition) is 2. The summed E-state index contributed by atoms with van der Waals surface area (Å²) < 4.78 is 7.20. The molecule has 3 heteroatoms. The van der Waals surface area contributed by atoms with E-state index in [0.717, 1.165) is 33.8 Å². The molecule has 0 unspecified atom stereocenters. The second kappa shape index (κ2) is 10.7. The molecule has 0 saturated heterocycles. The van der Waals surface area contributed by atoms with E-state index in [9.17, 15) is 0 Å². The monoisotopic (exact) mass is 590 g/mol. The SMILES string of the molecule is c1ccc(-c2cccc3c2Oc2c(-c4ccccc4)cc(-c4ccccc4)c4c2B3c2cccc(-c3ccccc3)c2S4)cc1. The number of benzene rings is 7. The maximum Gasteiger partial charge on any atom is 0.253 e. The third-order valence-corrected chi connectivity index (χ3v) is 10.3. The van der Waals surface area contributed by atoms with E-state index in [0.29, 0.717) is 0 Å². The van der Waals surface area contributed by atoms with Crippen molar-refractivity contribution in [3.8, 4) is 56.0 Å². The fraction of sp³-hybridized carbons (Fsp3) is 0. The molecule has 0 N–H and O–H groups in total. The van der Waals surface area contributed by atoms with Crippen LogP contribution >= 0.6 is 11.8 Å². The minimum atomic E-state index is 0.0217. The molecule has 2 heterocycles. The summed E-state index contributed by atoms with van der Waals surface area (Å²) in [5.74, 6) is 1.90. The maximum absolute atomic E-state index is 7.20. The summed E-state index contributed by atoms with van der Waals surface area (Å²) in [5, 5.41) is 0. The number of ether oxygens (including phenoxy) is 1. The van der Waals surface area contributed by atoms with E-state index in [1.165, 1.54) is 48.4 Å². The molecule has 2 aliphatic rings. The Morgan fingerprint density at radius 3 is 1.47 bits per heavy atom. The van der Waals surface area contributed by atoms with Gasteiger partial charge in [-0.1, -0.05) is 175 Å². The zero-order chi connectivity index (χ0) is 29.7. The summed E-state index contributed by atoms with van der Waals surface area (Å²) in [7, 11) is 0. The molecule has 0 aromatic heterocycles. The van der Waals surface area contributed by atoms with Gasteiger partial charge in [-0.15, -0.1) is 0 Å². The van der Waals surface area contributed by atoms with Gasteiger partial charge in [0.15, 0.2) is 0 Å². The van der Waals surface area contributed by atoms with Crippen molar-refractivity contribution in [2.75, 3.05) is 0 Å². The van der Waals surface area contributed by atoms with E-state index in [4.69, 9.17) is 4.74 Å². The molecule has 9 rings (SSSR count). The van der Waals surface area contributed by atoms with Gasteiger partial charge in [0.2, 0.25) is 0 Å². The first kappa shape index (κ1) is 26.2. The predicted octanol–water partition coefficient (Wildman–Crippen LogP) is 9.44.